The van der Waals surface area contributed by atoms with Crippen LogP contribution in [0.3, 0.4) is 0 Å². The molecule has 2 heterocycles. The van der Waals surface area contributed by atoms with Crippen LogP contribution in [0.25, 0.3) is 10.9 Å². The van der Waals surface area contributed by atoms with Crippen molar-refractivity contribution in [3.8, 4) is 0 Å². The zero-order valence-electron chi connectivity index (χ0n) is 14.4. The predicted molar refractivity (Wildman–Crippen MR) is 97.2 cm³/mol. The number of amides is 2. The van der Waals surface area contributed by atoms with E-state index >= 15 is 0 Å². The summed E-state index contributed by atoms with van der Waals surface area (Å²) in [5.41, 5.74) is 2.94. The normalized spacial score (nSPS) is 37.0. The van der Waals surface area contributed by atoms with Crippen molar-refractivity contribution in [1.29, 1.82) is 0 Å². The number of hydrogen-bond donors (Lipinski definition) is 1. The average molecular weight is 345 g/mol. The van der Waals surface area contributed by atoms with E-state index < -0.39 is 0 Å². The molecule has 26 heavy (non-hydrogen) atoms. The van der Waals surface area contributed by atoms with Gasteiger partial charge in [0, 0.05) is 22.2 Å². The summed E-state index contributed by atoms with van der Waals surface area (Å²) in [5.74, 6) is 1.09. The molecule has 2 saturated carbocycles. The molecule has 0 radical (unpaired) electrons. The molecule has 6 atom stereocenters. The molecule has 1 aliphatic heterocycles. The standard InChI is InChI=1S/C21H19N3O2/c1-10-16(11-4-2-3-5-17(11)23-10)9-22-24-20(25)18-12-6-7-13(15-8-14(12)15)19(18)21(24)26/h2-7,9,12-15,18-19,23H,8H2,1H3/t12-,13-,14-,15+,18+,19+/m0/s1. The number of imide groups is 1. The van der Waals surface area contributed by atoms with Gasteiger partial charge < -0.3 is 4.98 Å². The second-order valence-electron chi connectivity index (χ2n) is 8.10. The maximum absolute atomic E-state index is 13.0. The highest BCUT2D eigenvalue weighted by Crippen LogP contribution is 2.65. The van der Waals surface area contributed by atoms with Crippen LogP contribution in [0.4, 0.5) is 0 Å². The lowest BCUT2D eigenvalue weighted by Gasteiger charge is -2.37. The van der Waals surface area contributed by atoms with Gasteiger partial charge in [0.25, 0.3) is 11.8 Å². The summed E-state index contributed by atoms with van der Waals surface area (Å²) in [5, 5.41) is 6.56. The van der Waals surface area contributed by atoms with Crippen molar-refractivity contribution in [1.82, 2.24) is 9.99 Å². The molecule has 1 aromatic carbocycles. The first kappa shape index (κ1) is 14.5. The van der Waals surface area contributed by atoms with E-state index in [1.165, 1.54) is 6.42 Å². The van der Waals surface area contributed by atoms with E-state index in [1.807, 2.05) is 31.2 Å². The van der Waals surface area contributed by atoms with Gasteiger partial charge in [-0.3, -0.25) is 9.59 Å². The number of aryl methyl sites for hydroxylation is 1. The third kappa shape index (κ3) is 1.68. The van der Waals surface area contributed by atoms with Gasteiger partial charge in [0.05, 0.1) is 18.1 Å². The number of allylic oxidation sites excluding steroid dienone is 2. The Hall–Kier alpha value is -2.69. The van der Waals surface area contributed by atoms with Crippen LogP contribution in [0.1, 0.15) is 17.7 Å². The van der Waals surface area contributed by atoms with Crippen molar-refractivity contribution in [3.05, 3.63) is 47.7 Å². The Morgan fingerprint density at radius 2 is 1.73 bits per heavy atom. The minimum Gasteiger partial charge on any atom is -0.358 e. The van der Waals surface area contributed by atoms with Gasteiger partial charge in [-0.25, -0.2) is 0 Å². The molecule has 1 saturated heterocycles. The first-order valence-electron chi connectivity index (χ1n) is 9.32. The van der Waals surface area contributed by atoms with Crippen molar-refractivity contribution in [2.75, 3.05) is 0 Å². The molecule has 3 fully saturated rings. The second kappa shape index (κ2) is 4.72. The first-order valence-corrected chi connectivity index (χ1v) is 9.32. The third-order valence-corrected chi connectivity index (χ3v) is 6.89. The molecule has 4 aliphatic carbocycles. The monoisotopic (exact) mass is 345 g/mol. The Balaban J connectivity index is 1.36. The minimum atomic E-state index is -0.192. The molecule has 5 aliphatic rings. The fraction of sp³-hybridized carbons (Fsp3) is 0.381. The molecule has 2 amide bonds. The number of nitrogens with one attached hydrogen (secondary N) is 1. The van der Waals surface area contributed by atoms with Crippen LogP contribution in [0.15, 0.2) is 41.5 Å². The van der Waals surface area contributed by atoms with Gasteiger partial charge in [0.2, 0.25) is 0 Å². The molecule has 130 valence electrons. The Bertz CT molecular complexity index is 997. The van der Waals surface area contributed by atoms with Crippen molar-refractivity contribution in [3.63, 3.8) is 0 Å². The highest BCUT2D eigenvalue weighted by molar-refractivity contribution is 6.07. The van der Waals surface area contributed by atoms with Crippen molar-refractivity contribution < 1.29 is 9.59 Å². The number of hydrogen-bond acceptors (Lipinski definition) is 3. The van der Waals surface area contributed by atoms with Crippen LogP contribution >= 0.6 is 0 Å². The second-order valence-corrected chi connectivity index (χ2v) is 8.10. The van der Waals surface area contributed by atoms with Gasteiger partial charge >= 0.3 is 0 Å². The Labute approximate surface area is 150 Å². The largest absolute Gasteiger partial charge is 0.358 e. The topological polar surface area (TPSA) is 65.5 Å². The summed E-state index contributed by atoms with van der Waals surface area (Å²) in [6, 6.07) is 7.98. The SMILES string of the molecule is Cc1[nH]c2ccccc2c1C=NN1C(=O)[C@@H]2[C@H]3C=C[C@@H]([C@@H]4C[C@H]34)[C@H]2C1=O. The van der Waals surface area contributed by atoms with E-state index in [-0.39, 0.29) is 35.5 Å². The number of H-pyrrole nitrogens is 1. The summed E-state index contributed by atoms with van der Waals surface area (Å²) in [7, 11) is 0. The number of nitrogens with zero attached hydrogens (tertiary/aromatic N) is 2. The summed E-state index contributed by atoms with van der Waals surface area (Å²) in [6.45, 7) is 1.98. The fourth-order valence-corrected chi connectivity index (χ4v) is 5.64. The van der Waals surface area contributed by atoms with Gasteiger partial charge in [-0.1, -0.05) is 30.4 Å². The lowest BCUT2D eigenvalue weighted by Crippen LogP contribution is -2.40. The predicted octanol–water partition coefficient (Wildman–Crippen LogP) is 2.86. The third-order valence-electron chi connectivity index (χ3n) is 6.89. The van der Waals surface area contributed by atoms with Crippen LogP contribution in [0.5, 0.6) is 0 Å². The zero-order valence-corrected chi connectivity index (χ0v) is 14.4. The Morgan fingerprint density at radius 3 is 2.42 bits per heavy atom. The number of hydrazone groups is 1. The molecule has 2 aromatic rings. The number of carbonyl (C=O) groups excluding carboxylic acids is 2. The van der Waals surface area contributed by atoms with E-state index in [9.17, 15) is 9.59 Å². The summed E-state index contributed by atoms with van der Waals surface area (Å²) >= 11 is 0. The lowest BCUT2D eigenvalue weighted by atomic mass is 9.63. The first-order chi connectivity index (χ1) is 12.6. The van der Waals surface area contributed by atoms with E-state index in [1.54, 1.807) is 6.21 Å². The van der Waals surface area contributed by atoms with E-state index in [4.69, 9.17) is 0 Å². The molecule has 2 bridgehead atoms. The van der Waals surface area contributed by atoms with Gasteiger partial charge in [-0.15, -0.1) is 0 Å². The minimum absolute atomic E-state index is 0.113. The number of benzene rings is 1. The van der Waals surface area contributed by atoms with Crippen LogP contribution in [0.2, 0.25) is 0 Å². The molecule has 0 spiro atoms. The molecule has 1 aromatic heterocycles. The van der Waals surface area contributed by atoms with Crippen molar-refractivity contribution >= 4 is 28.9 Å². The quantitative estimate of drug-likeness (QED) is 0.517. The van der Waals surface area contributed by atoms with Crippen LogP contribution in [-0.4, -0.2) is 28.0 Å². The van der Waals surface area contributed by atoms with Gasteiger partial charge in [0.15, 0.2) is 0 Å². The van der Waals surface area contributed by atoms with Crippen molar-refractivity contribution in [2.24, 2.45) is 40.6 Å². The highest BCUT2D eigenvalue weighted by atomic mass is 16.2. The van der Waals surface area contributed by atoms with E-state index in [0.717, 1.165) is 27.2 Å². The molecular weight excluding hydrogens is 326 g/mol. The van der Waals surface area contributed by atoms with E-state index in [2.05, 4.69) is 22.2 Å². The smallest absolute Gasteiger partial charge is 0.254 e. The zero-order chi connectivity index (χ0) is 17.6. The Kier molecular flexibility index (Phi) is 2.63. The summed E-state index contributed by atoms with van der Waals surface area (Å²) in [6.07, 6.45) is 7.20. The maximum Gasteiger partial charge on any atom is 0.254 e. The number of rotatable bonds is 2. The Morgan fingerprint density at radius 1 is 1.08 bits per heavy atom. The molecule has 5 heteroatoms. The molecule has 0 unspecified atom stereocenters. The number of carbonyl (C=O) groups is 2. The fourth-order valence-electron chi connectivity index (χ4n) is 5.64. The van der Waals surface area contributed by atoms with E-state index in [0.29, 0.717) is 11.8 Å². The average Bonchev–Trinajstić information content (AvgIpc) is 3.36. The highest BCUT2D eigenvalue weighted by Gasteiger charge is 2.67. The maximum atomic E-state index is 13.0. The van der Waals surface area contributed by atoms with Crippen LogP contribution < -0.4 is 0 Å². The van der Waals surface area contributed by atoms with Gasteiger partial charge in [0.1, 0.15) is 0 Å². The molecule has 7 rings (SSSR count). The van der Waals surface area contributed by atoms with Crippen LogP contribution in [-0.2, 0) is 9.59 Å². The number of aromatic nitrogens is 1. The molecule has 5 nitrogen and oxygen atoms in total. The molecular formula is C21H19N3O2. The number of fused-ring (bicyclic) bond motifs is 1. The van der Waals surface area contributed by atoms with Gasteiger partial charge in [-0.05, 0) is 43.1 Å². The van der Waals surface area contributed by atoms with Gasteiger partial charge in [-0.2, -0.15) is 10.1 Å². The number of aromatic amines is 1. The summed E-state index contributed by atoms with van der Waals surface area (Å²) in [4.78, 5) is 29.2. The summed E-state index contributed by atoms with van der Waals surface area (Å²) < 4.78 is 0. The van der Waals surface area contributed by atoms with Crippen molar-refractivity contribution in [2.45, 2.75) is 13.3 Å². The number of para-hydroxylation sites is 1. The van der Waals surface area contributed by atoms with Crippen LogP contribution in [0, 0.1) is 42.4 Å². The molecule has 1 N–H and O–H groups in total. The lowest BCUT2D eigenvalue weighted by molar-refractivity contribution is -0.140.